The van der Waals surface area contributed by atoms with E-state index in [0.29, 0.717) is 17.3 Å². The maximum absolute atomic E-state index is 6.19. The molecule has 1 N–H and O–H groups in total. The maximum atomic E-state index is 6.19. The summed E-state index contributed by atoms with van der Waals surface area (Å²) in [5.41, 5.74) is 2.31. The molecule has 5 heteroatoms. The van der Waals surface area contributed by atoms with Crippen molar-refractivity contribution < 1.29 is 9.47 Å². The summed E-state index contributed by atoms with van der Waals surface area (Å²) in [7, 11) is 0. The van der Waals surface area contributed by atoms with Gasteiger partial charge in [0.1, 0.15) is 0 Å². The summed E-state index contributed by atoms with van der Waals surface area (Å²) in [6.07, 6.45) is 0. The molecule has 1 aliphatic rings. The Hall–Kier alpha value is -1.23. The van der Waals surface area contributed by atoms with E-state index < -0.39 is 0 Å². The fourth-order valence-electron chi connectivity index (χ4n) is 2.29. The fraction of sp³-hybridized carbons (Fsp3) is 0.250. The van der Waals surface area contributed by atoms with E-state index in [0.717, 1.165) is 15.8 Å². The summed E-state index contributed by atoms with van der Waals surface area (Å²) in [5, 5.41) is 4.08. The third-order valence-corrected chi connectivity index (χ3v) is 4.22. The Morgan fingerprint density at radius 2 is 2.14 bits per heavy atom. The molecule has 0 saturated heterocycles. The lowest BCUT2D eigenvalue weighted by Crippen LogP contribution is -2.18. The molecule has 0 radical (unpaired) electrons. The normalized spacial score (nSPS) is 14.2. The molecule has 1 atom stereocenters. The highest BCUT2D eigenvalue weighted by atomic mass is 79.9. The van der Waals surface area contributed by atoms with Crippen LogP contribution >= 0.6 is 27.5 Å². The van der Waals surface area contributed by atoms with Gasteiger partial charge in [0.05, 0.1) is 5.02 Å². The minimum Gasteiger partial charge on any atom is -0.454 e. The Kier molecular flexibility index (Phi) is 4.38. The summed E-state index contributed by atoms with van der Waals surface area (Å²) >= 11 is 9.68. The van der Waals surface area contributed by atoms with Crippen LogP contribution in [0.3, 0.4) is 0 Å². The molecule has 0 aromatic heterocycles. The van der Waals surface area contributed by atoms with Crippen LogP contribution in [0.5, 0.6) is 11.5 Å². The molecule has 0 fully saturated rings. The number of halogens is 2. The highest BCUT2D eigenvalue weighted by Gasteiger charge is 2.18. The predicted molar refractivity (Wildman–Crippen MR) is 87.0 cm³/mol. The average molecular weight is 369 g/mol. The summed E-state index contributed by atoms with van der Waals surface area (Å²) in [5.74, 6) is 1.36. The lowest BCUT2D eigenvalue weighted by molar-refractivity contribution is 0.174. The third kappa shape index (κ3) is 3.34. The lowest BCUT2D eigenvalue weighted by atomic mass is 10.1. The Labute approximate surface area is 137 Å². The number of fused-ring (bicyclic) bond motifs is 1. The van der Waals surface area contributed by atoms with Crippen LogP contribution in [0, 0.1) is 0 Å². The van der Waals surface area contributed by atoms with Crippen LogP contribution in [0.2, 0.25) is 5.02 Å². The predicted octanol–water partition coefficient (Wildman–Crippen LogP) is 4.68. The number of nitrogens with one attached hydrogen (secondary N) is 1. The van der Waals surface area contributed by atoms with E-state index in [-0.39, 0.29) is 12.8 Å². The quantitative estimate of drug-likeness (QED) is 0.850. The number of rotatable bonds is 4. The molecule has 110 valence electrons. The van der Waals surface area contributed by atoms with Gasteiger partial charge in [0.15, 0.2) is 11.5 Å². The van der Waals surface area contributed by atoms with Crippen LogP contribution in [0.4, 0.5) is 0 Å². The standard InChI is InChI=1S/C16H15BrClNO2/c1-10(12-3-2-4-13(17)7-12)19-8-11-5-14(18)16-15(6-11)20-9-21-16/h2-7,10,19H,8-9H2,1H3/t10-/m1/s1. The molecule has 1 aliphatic heterocycles. The van der Waals surface area contributed by atoms with Crippen LogP contribution in [-0.2, 0) is 6.54 Å². The zero-order valence-electron chi connectivity index (χ0n) is 11.5. The molecule has 1 heterocycles. The van der Waals surface area contributed by atoms with Gasteiger partial charge in [-0.2, -0.15) is 0 Å². The molecule has 0 spiro atoms. The Bertz CT molecular complexity index is 663. The van der Waals surface area contributed by atoms with Crippen LogP contribution in [-0.4, -0.2) is 6.79 Å². The van der Waals surface area contributed by atoms with Crippen LogP contribution in [0.1, 0.15) is 24.1 Å². The van der Waals surface area contributed by atoms with Gasteiger partial charge in [0, 0.05) is 17.1 Å². The first-order valence-electron chi connectivity index (χ1n) is 6.70. The van der Waals surface area contributed by atoms with Gasteiger partial charge in [-0.05, 0) is 42.3 Å². The van der Waals surface area contributed by atoms with Gasteiger partial charge >= 0.3 is 0 Å². The SMILES string of the molecule is C[C@@H](NCc1cc(Cl)c2c(c1)OCO2)c1cccc(Br)c1. The van der Waals surface area contributed by atoms with Gasteiger partial charge in [0.2, 0.25) is 6.79 Å². The van der Waals surface area contributed by atoms with Crippen molar-refractivity contribution in [2.24, 2.45) is 0 Å². The largest absolute Gasteiger partial charge is 0.454 e. The Balaban J connectivity index is 1.69. The fourth-order valence-corrected chi connectivity index (χ4v) is 2.99. The van der Waals surface area contributed by atoms with Crippen LogP contribution in [0.15, 0.2) is 40.9 Å². The van der Waals surface area contributed by atoms with Crippen molar-refractivity contribution in [3.8, 4) is 11.5 Å². The second kappa shape index (κ2) is 6.26. The molecule has 3 rings (SSSR count). The van der Waals surface area contributed by atoms with Gasteiger partial charge in [-0.25, -0.2) is 0 Å². The number of hydrogen-bond acceptors (Lipinski definition) is 3. The van der Waals surface area contributed by atoms with Crippen molar-refractivity contribution in [3.05, 3.63) is 57.0 Å². The first-order chi connectivity index (χ1) is 10.1. The van der Waals surface area contributed by atoms with E-state index in [2.05, 4.69) is 40.3 Å². The molecule has 0 unspecified atom stereocenters. The Morgan fingerprint density at radius 1 is 1.29 bits per heavy atom. The molecule has 2 aromatic rings. The molecule has 0 aliphatic carbocycles. The molecule has 0 amide bonds. The van der Waals surface area contributed by atoms with E-state index in [1.54, 1.807) is 0 Å². The van der Waals surface area contributed by atoms with E-state index >= 15 is 0 Å². The number of ether oxygens (including phenoxy) is 2. The van der Waals surface area contributed by atoms with Crippen LogP contribution in [0.25, 0.3) is 0 Å². The van der Waals surface area contributed by atoms with Crippen molar-refractivity contribution >= 4 is 27.5 Å². The van der Waals surface area contributed by atoms with Gasteiger partial charge in [-0.3, -0.25) is 0 Å². The minimum absolute atomic E-state index is 0.236. The highest BCUT2D eigenvalue weighted by Crippen LogP contribution is 2.39. The topological polar surface area (TPSA) is 30.5 Å². The molecule has 0 bridgehead atoms. The molecule has 3 nitrogen and oxygen atoms in total. The van der Waals surface area contributed by atoms with E-state index in [1.165, 1.54) is 5.56 Å². The summed E-state index contributed by atoms with van der Waals surface area (Å²) < 4.78 is 11.8. The number of hydrogen-bond donors (Lipinski definition) is 1. The maximum Gasteiger partial charge on any atom is 0.231 e. The summed E-state index contributed by atoms with van der Waals surface area (Å²) in [4.78, 5) is 0. The van der Waals surface area contributed by atoms with Crippen LogP contribution < -0.4 is 14.8 Å². The second-order valence-electron chi connectivity index (χ2n) is 4.97. The van der Waals surface area contributed by atoms with Crippen molar-refractivity contribution in [2.45, 2.75) is 19.5 Å². The lowest BCUT2D eigenvalue weighted by Gasteiger charge is -2.15. The van der Waals surface area contributed by atoms with E-state index in [1.807, 2.05) is 24.3 Å². The first kappa shape index (κ1) is 14.7. The molecule has 2 aromatic carbocycles. The van der Waals surface area contributed by atoms with Crippen molar-refractivity contribution in [3.63, 3.8) is 0 Å². The zero-order valence-corrected chi connectivity index (χ0v) is 13.9. The minimum atomic E-state index is 0.236. The van der Waals surface area contributed by atoms with Crippen molar-refractivity contribution in [1.82, 2.24) is 5.32 Å². The second-order valence-corrected chi connectivity index (χ2v) is 6.29. The first-order valence-corrected chi connectivity index (χ1v) is 7.87. The van der Waals surface area contributed by atoms with Crippen molar-refractivity contribution in [2.75, 3.05) is 6.79 Å². The van der Waals surface area contributed by atoms with Gasteiger partial charge in [-0.1, -0.05) is 39.7 Å². The van der Waals surface area contributed by atoms with E-state index in [4.69, 9.17) is 21.1 Å². The monoisotopic (exact) mass is 367 g/mol. The van der Waals surface area contributed by atoms with Gasteiger partial charge < -0.3 is 14.8 Å². The van der Waals surface area contributed by atoms with Gasteiger partial charge in [0.25, 0.3) is 0 Å². The smallest absolute Gasteiger partial charge is 0.231 e. The number of benzene rings is 2. The molecule has 0 saturated carbocycles. The summed E-state index contributed by atoms with van der Waals surface area (Å²) in [6, 6.07) is 12.4. The van der Waals surface area contributed by atoms with Crippen molar-refractivity contribution in [1.29, 1.82) is 0 Å². The van der Waals surface area contributed by atoms with Gasteiger partial charge in [-0.15, -0.1) is 0 Å². The highest BCUT2D eigenvalue weighted by molar-refractivity contribution is 9.10. The average Bonchev–Trinajstić information content (AvgIpc) is 2.93. The third-order valence-electron chi connectivity index (χ3n) is 3.45. The molecular weight excluding hydrogens is 354 g/mol. The molecule has 21 heavy (non-hydrogen) atoms. The summed E-state index contributed by atoms with van der Waals surface area (Å²) in [6.45, 7) is 3.08. The van der Waals surface area contributed by atoms with E-state index in [9.17, 15) is 0 Å². The molecular formula is C16H15BrClNO2. The zero-order chi connectivity index (χ0) is 14.8. The Morgan fingerprint density at radius 3 is 2.95 bits per heavy atom.